The van der Waals surface area contributed by atoms with Crippen molar-refractivity contribution in [2.45, 2.75) is 25.8 Å². The van der Waals surface area contributed by atoms with Crippen LogP contribution in [0.2, 0.25) is 0 Å². The van der Waals surface area contributed by atoms with Gasteiger partial charge in [-0.15, -0.1) is 0 Å². The summed E-state index contributed by atoms with van der Waals surface area (Å²) in [6.07, 6.45) is 8.03. The van der Waals surface area contributed by atoms with E-state index >= 15 is 0 Å². The van der Waals surface area contributed by atoms with E-state index in [1.54, 1.807) is 0 Å². The van der Waals surface area contributed by atoms with Crippen LogP contribution in [0.15, 0.2) is 18.5 Å². The highest BCUT2D eigenvalue weighted by Crippen LogP contribution is 2.11. The van der Waals surface area contributed by atoms with E-state index < -0.39 is 0 Å². The van der Waals surface area contributed by atoms with Crippen molar-refractivity contribution in [3.05, 3.63) is 24.0 Å². The van der Waals surface area contributed by atoms with E-state index in [9.17, 15) is 0 Å². The van der Waals surface area contributed by atoms with Gasteiger partial charge < -0.3 is 0 Å². The SMILES string of the molecule is Bc1cncc(CN2CCCCC2)c1. The fourth-order valence-electron chi connectivity index (χ4n) is 2.08. The second kappa shape index (κ2) is 4.60. The van der Waals surface area contributed by atoms with Gasteiger partial charge in [0.25, 0.3) is 0 Å². The molecule has 0 atom stereocenters. The molecule has 1 aromatic heterocycles. The molecule has 1 fully saturated rings. The number of nitrogens with zero attached hydrogens (tertiary/aromatic N) is 2. The second-order valence-corrected chi connectivity index (χ2v) is 4.21. The Bertz CT molecular complexity index is 295. The number of likely N-dealkylation sites (tertiary alicyclic amines) is 1. The molecule has 2 rings (SSSR count). The molecule has 1 aliphatic heterocycles. The number of pyridine rings is 1. The summed E-state index contributed by atoms with van der Waals surface area (Å²) < 4.78 is 0. The van der Waals surface area contributed by atoms with Gasteiger partial charge >= 0.3 is 0 Å². The summed E-state index contributed by atoms with van der Waals surface area (Å²) >= 11 is 0. The van der Waals surface area contributed by atoms with Crippen LogP contribution < -0.4 is 5.46 Å². The molecule has 14 heavy (non-hydrogen) atoms. The van der Waals surface area contributed by atoms with E-state index in [2.05, 4.69) is 23.8 Å². The first-order valence-corrected chi connectivity index (χ1v) is 5.47. The number of rotatable bonds is 2. The highest BCUT2D eigenvalue weighted by molar-refractivity contribution is 6.32. The molecule has 0 saturated carbocycles. The zero-order valence-electron chi connectivity index (χ0n) is 8.87. The van der Waals surface area contributed by atoms with Crippen LogP contribution in [0.1, 0.15) is 24.8 Å². The number of aromatic nitrogens is 1. The molecule has 0 unspecified atom stereocenters. The molecule has 3 heteroatoms. The minimum Gasteiger partial charge on any atom is -0.299 e. The minimum absolute atomic E-state index is 1.08. The van der Waals surface area contributed by atoms with Gasteiger partial charge in [0.05, 0.1) is 0 Å². The van der Waals surface area contributed by atoms with Gasteiger partial charge in [0.15, 0.2) is 0 Å². The van der Waals surface area contributed by atoms with Crippen LogP contribution >= 0.6 is 0 Å². The molecule has 0 N–H and O–H groups in total. The Balaban J connectivity index is 1.95. The summed E-state index contributed by atoms with van der Waals surface area (Å²) in [6.45, 7) is 3.59. The van der Waals surface area contributed by atoms with E-state index in [1.165, 1.54) is 43.4 Å². The normalized spacial score (nSPS) is 18.3. The van der Waals surface area contributed by atoms with Gasteiger partial charge in [-0.25, -0.2) is 0 Å². The Kier molecular flexibility index (Phi) is 3.20. The minimum atomic E-state index is 1.08. The van der Waals surface area contributed by atoms with Crippen LogP contribution in [0.3, 0.4) is 0 Å². The Morgan fingerprint density at radius 2 is 2.00 bits per heavy atom. The predicted molar refractivity (Wildman–Crippen MR) is 61.5 cm³/mol. The van der Waals surface area contributed by atoms with Crippen molar-refractivity contribution in [1.82, 2.24) is 9.88 Å². The van der Waals surface area contributed by atoms with Crippen molar-refractivity contribution in [3.8, 4) is 0 Å². The number of hydrogen-bond acceptors (Lipinski definition) is 2. The molecule has 74 valence electrons. The molecule has 2 nitrogen and oxygen atoms in total. The van der Waals surface area contributed by atoms with E-state index in [1.807, 2.05) is 12.4 Å². The molecular weight excluding hydrogens is 171 g/mol. The largest absolute Gasteiger partial charge is 0.299 e. The third kappa shape index (κ3) is 2.58. The van der Waals surface area contributed by atoms with Crippen LogP contribution in [0.25, 0.3) is 0 Å². The van der Waals surface area contributed by atoms with Crippen LogP contribution in [0.4, 0.5) is 0 Å². The van der Waals surface area contributed by atoms with Crippen LogP contribution in [0, 0.1) is 0 Å². The third-order valence-electron chi connectivity index (χ3n) is 2.79. The second-order valence-electron chi connectivity index (χ2n) is 4.21. The van der Waals surface area contributed by atoms with Gasteiger partial charge in [0, 0.05) is 18.9 Å². The first kappa shape index (κ1) is 9.72. The number of piperidine rings is 1. The lowest BCUT2D eigenvalue weighted by Crippen LogP contribution is -2.29. The maximum atomic E-state index is 4.22. The Labute approximate surface area is 86.7 Å². The molecule has 2 heterocycles. The Hall–Kier alpha value is -0.825. The first-order valence-electron chi connectivity index (χ1n) is 5.47. The molecular formula is C11H17BN2. The van der Waals surface area contributed by atoms with Gasteiger partial charge in [-0.1, -0.05) is 17.9 Å². The van der Waals surface area contributed by atoms with E-state index in [-0.39, 0.29) is 0 Å². The van der Waals surface area contributed by atoms with Crippen molar-refractivity contribution in [2.24, 2.45) is 0 Å². The quantitative estimate of drug-likeness (QED) is 0.621. The smallest absolute Gasteiger partial charge is 0.141 e. The van der Waals surface area contributed by atoms with E-state index in [0.29, 0.717) is 0 Å². The molecule has 1 saturated heterocycles. The van der Waals surface area contributed by atoms with Gasteiger partial charge in [-0.3, -0.25) is 9.88 Å². The lowest BCUT2D eigenvalue weighted by atomic mass is 9.97. The van der Waals surface area contributed by atoms with Crippen molar-refractivity contribution in [3.63, 3.8) is 0 Å². The standard InChI is InChI=1S/C11H17BN2/c12-11-6-10(7-13-8-11)9-14-4-2-1-3-5-14/h6-8H,1-5,9,12H2. The van der Waals surface area contributed by atoms with E-state index in [0.717, 1.165) is 6.54 Å². The lowest BCUT2D eigenvalue weighted by Gasteiger charge is -2.26. The summed E-state index contributed by atoms with van der Waals surface area (Å²) in [6, 6.07) is 2.24. The molecule has 0 amide bonds. The van der Waals surface area contributed by atoms with Crippen LogP contribution in [0.5, 0.6) is 0 Å². The summed E-state index contributed by atoms with van der Waals surface area (Å²) in [7, 11) is 2.10. The topological polar surface area (TPSA) is 16.1 Å². The van der Waals surface area contributed by atoms with E-state index in [4.69, 9.17) is 0 Å². The number of hydrogen-bond donors (Lipinski definition) is 0. The lowest BCUT2D eigenvalue weighted by molar-refractivity contribution is 0.221. The average Bonchev–Trinajstić information content (AvgIpc) is 2.19. The molecule has 0 aromatic carbocycles. The van der Waals surface area contributed by atoms with Crippen molar-refractivity contribution >= 4 is 13.3 Å². The molecule has 0 aliphatic carbocycles. The molecule has 1 aliphatic rings. The van der Waals surface area contributed by atoms with Crippen LogP contribution in [-0.4, -0.2) is 30.8 Å². The highest BCUT2D eigenvalue weighted by atomic mass is 15.1. The van der Waals surface area contributed by atoms with Gasteiger partial charge in [-0.05, 0) is 31.5 Å². The highest BCUT2D eigenvalue weighted by Gasteiger charge is 2.10. The summed E-state index contributed by atoms with van der Waals surface area (Å²) in [5.74, 6) is 0. The van der Waals surface area contributed by atoms with Gasteiger partial charge in [0.2, 0.25) is 0 Å². The third-order valence-corrected chi connectivity index (χ3v) is 2.79. The fraction of sp³-hybridized carbons (Fsp3) is 0.545. The monoisotopic (exact) mass is 188 g/mol. The summed E-state index contributed by atoms with van der Waals surface area (Å²) in [5.41, 5.74) is 2.62. The van der Waals surface area contributed by atoms with Crippen molar-refractivity contribution in [1.29, 1.82) is 0 Å². The van der Waals surface area contributed by atoms with Crippen LogP contribution in [-0.2, 0) is 6.54 Å². The summed E-state index contributed by atoms with van der Waals surface area (Å²) in [5, 5.41) is 0. The molecule has 0 radical (unpaired) electrons. The Morgan fingerprint density at radius 1 is 1.21 bits per heavy atom. The average molecular weight is 188 g/mol. The summed E-state index contributed by atoms with van der Waals surface area (Å²) in [4.78, 5) is 6.75. The van der Waals surface area contributed by atoms with Crippen molar-refractivity contribution in [2.75, 3.05) is 13.1 Å². The predicted octanol–water partition coefficient (Wildman–Crippen LogP) is 0.326. The van der Waals surface area contributed by atoms with Gasteiger partial charge in [-0.2, -0.15) is 0 Å². The zero-order valence-corrected chi connectivity index (χ0v) is 8.87. The maximum absolute atomic E-state index is 4.22. The Morgan fingerprint density at radius 3 is 2.71 bits per heavy atom. The van der Waals surface area contributed by atoms with Gasteiger partial charge in [0.1, 0.15) is 7.85 Å². The molecule has 0 bridgehead atoms. The maximum Gasteiger partial charge on any atom is 0.141 e. The molecule has 1 aromatic rings. The fourth-order valence-corrected chi connectivity index (χ4v) is 2.08. The first-order chi connectivity index (χ1) is 6.84. The molecule has 0 spiro atoms. The van der Waals surface area contributed by atoms with Crippen molar-refractivity contribution < 1.29 is 0 Å². The zero-order chi connectivity index (χ0) is 9.80.